The molecule has 3 aromatic rings. The van der Waals surface area contributed by atoms with Crippen molar-refractivity contribution in [3.63, 3.8) is 0 Å². The molecule has 0 spiro atoms. The fraction of sp³-hybridized carbons (Fsp3) is 0.368. The average molecular weight is 372 g/mol. The zero-order valence-corrected chi connectivity index (χ0v) is 15.8. The molecule has 1 aliphatic heterocycles. The second-order valence-electron chi connectivity index (χ2n) is 6.79. The molecule has 5 nitrogen and oxygen atoms in total. The molecule has 1 aromatic carbocycles. The molecule has 1 saturated heterocycles. The predicted octanol–water partition coefficient (Wildman–Crippen LogP) is 3.36. The maximum Gasteiger partial charge on any atom is 0.264 e. The maximum atomic E-state index is 13.2. The van der Waals surface area contributed by atoms with Crippen LogP contribution in [0, 0.1) is 12.7 Å². The fourth-order valence-corrected chi connectivity index (χ4v) is 4.53. The van der Waals surface area contributed by atoms with Gasteiger partial charge in [-0.1, -0.05) is 0 Å². The van der Waals surface area contributed by atoms with E-state index in [9.17, 15) is 9.18 Å². The summed E-state index contributed by atoms with van der Waals surface area (Å²) in [4.78, 5) is 16.6. The summed E-state index contributed by atoms with van der Waals surface area (Å²) in [5.41, 5.74) is 1.65. The number of thiophene rings is 1. The third-order valence-electron chi connectivity index (χ3n) is 5.12. The van der Waals surface area contributed by atoms with Gasteiger partial charge in [0.05, 0.1) is 16.3 Å². The van der Waals surface area contributed by atoms with Crippen molar-refractivity contribution in [2.45, 2.75) is 32.9 Å². The van der Waals surface area contributed by atoms with Gasteiger partial charge in [0, 0.05) is 30.6 Å². The highest BCUT2D eigenvalue weighted by atomic mass is 32.1. The molecule has 1 N–H and O–H groups in total. The molecule has 1 aliphatic rings. The van der Waals surface area contributed by atoms with Gasteiger partial charge in [-0.25, -0.2) is 9.07 Å². The molecule has 26 heavy (non-hydrogen) atoms. The van der Waals surface area contributed by atoms with Crippen LogP contribution in [0.25, 0.3) is 15.9 Å². The first kappa shape index (κ1) is 17.2. The van der Waals surface area contributed by atoms with Crippen molar-refractivity contribution in [2.24, 2.45) is 0 Å². The highest BCUT2D eigenvalue weighted by Gasteiger charge is 2.30. The molecule has 7 heteroatoms. The summed E-state index contributed by atoms with van der Waals surface area (Å²) in [6.45, 7) is 7.63. The van der Waals surface area contributed by atoms with Gasteiger partial charge in [-0.05, 0) is 51.1 Å². The van der Waals surface area contributed by atoms with Gasteiger partial charge in [-0.15, -0.1) is 11.3 Å². The number of benzene rings is 1. The number of nitrogens with zero attached hydrogens (tertiary/aromatic N) is 3. The zero-order valence-electron chi connectivity index (χ0n) is 15.0. The van der Waals surface area contributed by atoms with Crippen LogP contribution in [0.4, 0.5) is 4.39 Å². The molecule has 3 heterocycles. The summed E-state index contributed by atoms with van der Waals surface area (Å²) >= 11 is 1.44. The summed E-state index contributed by atoms with van der Waals surface area (Å²) in [6.07, 6.45) is 0. The summed E-state index contributed by atoms with van der Waals surface area (Å²) in [5, 5.41) is 8.93. The molecule has 0 bridgehead atoms. The van der Waals surface area contributed by atoms with Crippen molar-refractivity contribution in [1.29, 1.82) is 0 Å². The van der Waals surface area contributed by atoms with Gasteiger partial charge in [-0.2, -0.15) is 5.10 Å². The van der Waals surface area contributed by atoms with Crippen molar-refractivity contribution >= 4 is 27.5 Å². The zero-order chi connectivity index (χ0) is 18.4. The summed E-state index contributed by atoms with van der Waals surface area (Å²) in [5.74, 6) is -0.213. The van der Waals surface area contributed by atoms with Crippen LogP contribution in [0.3, 0.4) is 0 Å². The van der Waals surface area contributed by atoms with E-state index in [0.717, 1.165) is 33.0 Å². The third kappa shape index (κ3) is 2.81. The standard InChI is InChI=1S/C19H21FN4OS/c1-11-13(3)23(9-8-21-11)18(25)17-10-16-12(2)22-24(19(16)26-17)15-6-4-14(20)5-7-15/h4-7,10-11,13,21H,8-9H2,1-3H3. The number of aromatic nitrogens is 2. The fourth-order valence-electron chi connectivity index (χ4n) is 3.39. The Bertz CT molecular complexity index is 962. The summed E-state index contributed by atoms with van der Waals surface area (Å²) in [6, 6.07) is 8.59. The van der Waals surface area contributed by atoms with Crippen molar-refractivity contribution in [3.05, 3.63) is 46.7 Å². The van der Waals surface area contributed by atoms with Crippen LogP contribution in [-0.2, 0) is 0 Å². The van der Waals surface area contributed by atoms with Gasteiger partial charge in [0.25, 0.3) is 5.91 Å². The minimum absolute atomic E-state index is 0.0668. The number of nitrogens with one attached hydrogen (secondary N) is 1. The number of piperazine rings is 1. The molecule has 2 atom stereocenters. The van der Waals surface area contributed by atoms with Crippen LogP contribution in [-0.4, -0.2) is 45.8 Å². The molecule has 0 saturated carbocycles. The van der Waals surface area contributed by atoms with Gasteiger partial charge < -0.3 is 10.2 Å². The van der Waals surface area contributed by atoms with E-state index in [4.69, 9.17) is 0 Å². The lowest BCUT2D eigenvalue weighted by Crippen LogP contribution is -2.57. The lowest BCUT2D eigenvalue weighted by Gasteiger charge is -2.38. The smallest absolute Gasteiger partial charge is 0.264 e. The Labute approximate surface area is 155 Å². The van der Waals surface area contributed by atoms with Crippen molar-refractivity contribution in [1.82, 2.24) is 20.0 Å². The summed E-state index contributed by atoms with van der Waals surface area (Å²) in [7, 11) is 0. The molecule has 2 unspecified atom stereocenters. The van der Waals surface area contributed by atoms with Crippen molar-refractivity contribution in [3.8, 4) is 5.69 Å². The molecule has 1 amide bonds. The van der Waals surface area contributed by atoms with E-state index in [0.29, 0.717) is 6.54 Å². The Balaban J connectivity index is 1.73. The van der Waals surface area contributed by atoms with E-state index in [1.54, 1.807) is 16.8 Å². The van der Waals surface area contributed by atoms with Crippen LogP contribution in [0.2, 0.25) is 0 Å². The van der Waals surface area contributed by atoms with Crippen LogP contribution >= 0.6 is 11.3 Å². The first-order valence-corrected chi connectivity index (χ1v) is 9.57. The number of carbonyl (C=O) groups excluding carboxylic acids is 1. The van der Waals surface area contributed by atoms with Gasteiger partial charge in [0.2, 0.25) is 0 Å². The van der Waals surface area contributed by atoms with E-state index in [2.05, 4.69) is 24.3 Å². The first-order chi connectivity index (χ1) is 12.5. The highest BCUT2D eigenvalue weighted by Crippen LogP contribution is 2.31. The van der Waals surface area contributed by atoms with Crippen molar-refractivity contribution in [2.75, 3.05) is 13.1 Å². The van der Waals surface area contributed by atoms with Gasteiger partial charge in [-0.3, -0.25) is 4.79 Å². The number of amides is 1. The molecule has 4 rings (SSSR count). The average Bonchev–Trinajstić information content (AvgIpc) is 3.19. The van der Waals surface area contributed by atoms with Gasteiger partial charge in [0.1, 0.15) is 10.6 Å². The number of fused-ring (bicyclic) bond motifs is 1. The highest BCUT2D eigenvalue weighted by molar-refractivity contribution is 7.20. The number of rotatable bonds is 2. The Morgan fingerprint density at radius 3 is 2.77 bits per heavy atom. The topological polar surface area (TPSA) is 50.2 Å². The van der Waals surface area contributed by atoms with Crippen molar-refractivity contribution < 1.29 is 9.18 Å². The number of hydrogen-bond donors (Lipinski definition) is 1. The molecule has 1 fully saturated rings. The van der Waals surface area contributed by atoms with Crippen LogP contribution in [0.15, 0.2) is 30.3 Å². The number of hydrogen-bond acceptors (Lipinski definition) is 4. The molecule has 136 valence electrons. The Morgan fingerprint density at radius 2 is 2.04 bits per heavy atom. The minimum atomic E-state index is -0.280. The van der Waals surface area contributed by atoms with Crippen LogP contribution in [0.1, 0.15) is 29.2 Å². The lowest BCUT2D eigenvalue weighted by atomic mass is 10.1. The first-order valence-electron chi connectivity index (χ1n) is 8.75. The quantitative estimate of drug-likeness (QED) is 0.750. The van der Waals surface area contributed by atoms with Crippen LogP contribution < -0.4 is 5.32 Å². The Kier molecular flexibility index (Phi) is 4.28. The molecular formula is C19H21FN4OS. The number of halogens is 1. The SMILES string of the molecule is Cc1nn(-c2ccc(F)cc2)c2sc(C(=O)N3CCNC(C)C3C)cc12. The monoisotopic (exact) mass is 372 g/mol. The van der Waals surface area contributed by atoms with E-state index in [-0.39, 0.29) is 23.8 Å². The predicted molar refractivity (Wildman–Crippen MR) is 102 cm³/mol. The molecular weight excluding hydrogens is 351 g/mol. The molecule has 0 radical (unpaired) electrons. The normalized spacial score (nSPS) is 20.7. The largest absolute Gasteiger partial charge is 0.332 e. The Morgan fingerprint density at radius 1 is 1.31 bits per heavy atom. The van der Waals surface area contributed by atoms with E-state index < -0.39 is 0 Å². The maximum absolute atomic E-state index is 13.2. The molecule has 0 aliphatic carbocycles. The van der Waals surface area contributed by atoms with Gasteiger partial charge in [0.15, 0.2) is 0 Å². The second-order valence-corrected chi connectivity index (χ2v) is 7.82. The third-order valence-corrected chi connectivity index (χ3v) is 6.22. The minimum Gasteiger partial charge on any atom is -0.332 e. The second kappa shape index (κ2) is 6.48. The van der Waals surface area contributed by atoms with Gasteiger partial charge >= 0.3 is 0 Å². The van der Waals surface area contributed by atoms with E-state index in [1.165, 1.54) is 23.5 Å². The van der Waals surface area contributed by atoms with E-state index in [1.807, 2.05) is 17.9 Å². The number of carbonyl (C=O) groups is 1. The molecule has 2 aromatic heterocycles. The number of aryl methyl sites for hydroxylation is 1. The lowest BCUT2D eigenvalue weighted by molar-refractivity contribution is 0.0608. The van der Waals surface area contributed by atoms with Crippen LogP contribution in [0.5, 0.6) is 0 Å². The summed E-state index contributed by atoms with van der Waals surface area (Å²) < 4.78 is 15.0. The van der Waals surface area contributed by atoms with E-state index >= 15 is 0 Å². The Hall–Kier alpha value is -2.25.